The van der Waals surface area contributed by atoms with Crippen LogP contribution in [-0.4, -0.2) is 0 Å². The summed E-state index contributed by atoms with van der Waals surface area (Å²) >= 11 is 8.02. The van der Waals surface area contributed by atoms with Crippen molar-refractivity contribution in [1.29, 1.82) is 0 Å². The van der Waals surface area contributed by atoms with E-state index in [1.54, 1.807) is 11.1 Å². The van der Waals surface area contributed by atoms with Crippen LogP contribution in [0.1, 0.15) is 104 Å². The van der Waals surface area contributed by atoms with Crippen LogP contribution in [0, 0.1) is 23.7 Å². The lowest BCUT2D eigenvalue weighted by molar-refractivity contribution is 0.437. The van der Waals surface area contributed by atoms with Gasteiger partial charge >= 0.3 is 0 Å². The predicted octanol–water partition coefficient (Wildman–Crippen LogP) is 14.5. The zero-order chi connectivity index (χ0) is 29.4. The summed E-state index contributed by atoms with van der Waals surface area (Å²) < 4.78 is 9.09. The summed E-state index contributed by atoms with van der Waals surface area (Å²) in [6.07, 6.45) is 13.2. The van der Waals surface area contributed by atoms with E-state index in [0.717, 1.165) is 23.7 Å². The van der Waals surface area contributed by atoms with Crippen LogP contribution >= 0.6 is 45.3 Å². The van der Waals surface area contributed by atoms with Crippen molar-refractivity contribution in [1.82, 2.24) is 0 Å². The lowest BCUT2D eigenvalue weighted by Gasteiger charge is -2.13. The summed E-state index contributed by atoms with van der Waals surface area (Å²) in [6, 6.07) is 9.94. The first-order chi connectivity index (χ1) is 20.3. The molecule has 6 aromatic rings. The molecule has 0 bridgehead atoms. The molecule has 0 aliphatic rings. The van der Waals surface area contributed by atoms with Crippen molar-refractivity contribution in [2.75, 3.05) is 0 Å². The van der Waals surface area contributed by atoms with E-state index in [1.165, 1.54) is 114 Å². The molecular formula is C38H48S4. The fraction of sp³-hybridized carbons (Fsp3) is 0.526. The molecule has 0 amide bonds. The number of benzene rings is 2. The lowest BCUT2D eigenvalue weighted by Crippen LogP contribution is -1.99. The Morgan fingerprint density at radius 2 is 0.952 bits per heavy atom. The van der Waals surface area contributed by atoms with E-state index < -0.39 is 0 Å². The Labute approximate surface area is 269 Å². The average Bonchev–Trinajstić information content (AvgIpc) is 3.72. The largest absolute Gasteiger partial charge is 0.144 e. The van der Waals surface area contributed by atoms with Gasteiger partial charge in [-0.15, -0.1) is 45.3 Å². The van der Waals surface area contributed by atoms with Gasteiger partial charge < -0.3 is 0 Å². The number of thiophene rings is 4. The van der Waals surface area contributed by atoms with Crippen LogP contribution < -0.4 is 0 Å². The summed E-state index contributed by atoms with van der Waals surface area (Å²) in [7, 11) is 0. The van der Waals surface area contributed by atoms with Gasteiger partial charge in [0.25, 0.3) is 0 Å². The summed E-state index contributed by atoms with van der Waals surface area (Å²) in [5, 5.41) is 10.7. The van der Waals surface area contributed by atoms with Crippen molar-refractivity contribution >= 4 is 95.1 Å². The van der Waals surface area contributed by atoms with Gasteiger partial charge in [-0.3, -0.25) is 0 Å². The number of hydrogen-bond acceptors (Lipinski definition) is 4. The summed E-state index contributed by atoms with van der Waals surface area (Å²) in [5.74, 6) is 3.25. The molecule has 42 heavy (non-hydrogen) atoms. The van der Waals surface area contributed by atoms with Crippen LogP contribution in [-0.2, 0) is 12.8 Å². The molecule has 0 spiro atoms. The molecule has 0 radical (unpaired) electrons. The van der Waals surface area contributed by atoms with E-state index in [9.17, 15) is 0 Å². The predicted molar refractivity (Wildman–Crippen MR) is 198 cm³/mol. The minimum atomic E-state index is 0.800. The molecule has 2 aromatic carbocycles. The SMILES string of the molecule is CC(C)CCCC(C)CCc1cc2sc3c(sc4cc(CCC(C)CCCC(C)C)c5sccc5c43)c2c2ccsc12. The van der Waals surface area contributed by atoms with Crippen molar-refractivity contribution in [2.24, 2.45) is 23.7 Å². The minimum absolute atomic E-state index is 0.800. The Hall–Kier alpha value is -1.46. The van der Waals surface area contributed by atoms with Crippen LogP contribution in [0.25, 0.3) is 49.7 Å². The van der Waals surface area contributed by atoms with Gasteiger partial charge in [0.05, 0.1) is 9.40 Å². The maximum absolute atomic E-state index is 2.57. The monoisotopic (exact) mass is 632 g/mol. The highest BCUT2D eigenvalue weighted by Gasteiger charge is 2.20. The van der Waals surface area contributed by atoms with Crippen molar-refractivity contribution in [3.8, 4) is 0 Å². The van der Waals surface area contributed by atoms with Gasteiger partial charge in [0.1, 0.15) is 0 Å². The average molecular weight is 633 g/mol. The molecule has 0 aliphatic heterocycles. The molecule has 4 aromatic heterocycles. The molecule has 4 heteroatoms. The number of fused-ring (bicyclic) bond motifs is 9. The number of rotatable bonds is 14. The number of aryl methyl sites for hydroxylation is 2. The Morgan fingerprint density at radius 3 is 1.36 bits per heavy atom. The number of hydrogen-bond donors (Lipinski definition) is 0. The highest BCUT2D eigenvalue weighted by Crippen LogP contribution is 2.51. The maximum Gasteiger partial charge on any atom is 0.0548 e. The Balaban J connectivity index is 1.31. The smallest absolute Gasteiger partial charge is 0.0548 e. The first-order valence-corrected chi connectivity index (χ1v) is 19.9. The maximum atomic E-state index is 2.57. The van der Waals surface area contributed by atoms with E-state index in [1.807, 2.05) is 22.7 Å². The fourth-order valence-corrected chi connectivity index (χ4v) is 11.6. The van der Waals surface area contributed by atoms with E-state index in [0.29, 0.717) is 0 Å². The summed E-state index contributed by atoms with van der Waals surface area (Å²) in [6.45, 7) is 14.3. The van der Waals surface area contributed by atoms with Gasteiger partial charge in [-0.2, -0.15) is 0 Å². The molecule has 224 valence electrons. The highest BCUT2D eigenvalue weighted by molar-refractivity contribution is 7.37. The molecule has 0 saturated carbocycles. The van der Waals surface area contributed by atoms with E-state index in [2.05, 4.69) is 99.2 Å². The zero-order valence-electron chi connectivity index (χ0n) is 26.5. The van der Waals surface area contributed by atoms with Gasteiger partial charge in [-0.1, -0.05) is 80.1 Å². The molecule has 0 fully saturated rings. The van der Waals surface area contributed by atoms with Crippen LogP contribution in [0.3, 0.4) is 0 Å². The second kappa shape index (κ2) is 13.3. The quantitative estimate of drug-likeness (QED) is 0.112. The molecule has 0 nitrogen and oxygen atoms in total. The van der Waals surface area contributed by atoms with E-state index in [4.69, 9.17) is 0 Å². The Morgan fingerprint density at radius 1 is 0.524 bits per heavy atom. The van der Waals surface area contributed by atoms with Gasteiger partial charge in [0, 0.05) is 40.3 Å². The Bertz CT molecular complexity index is 1650. The molecule has 4 heterocycles. The van der Waals surface area contributed by atoms with Crippen LogP contribution in [0.15, 0.2) is 35.0 Å². The lowest BCUT2D eigenvalue weighted by atomic mass is 9.93. The van der Waals surface area contributed by atoms with Crippen LogP contribution in [0.4, 0.5) is 0 Å². The van der Waals surface area contributed by atoms with Crippen LogP contribution in [0.5, 0.6) is 0 Å². The Kier molecular flexibility index (Phi) is 9.65. The van der Waals surface area contributed by atoms with Crippen molar-refractivity contribution in [3.05, 3.63) is 46.2 Å². The first-order valence-electron chi connectivity index (χ1n) is 16.5. The first kappa shape index (κ1) is 30.6. The standard InChI is InChI=1S/C38H48S4/c1-23(2)9-7-11-25(5)13-15-27-21-31-33(29-17-19-39-35(27)29)37-38(41-31)34-30-18-20-40-36(30)28(22-32(34)42-37)16-14-26(6)12-8-10-24(3)4/h17-26H,7-16H2,1-6H3. The van der Waals surface area contributed by atoms with E-state index >= 15 is 0 Å². The third-order valence-electron chi connectivity index (χ3n) is 9.41. The third-order valence-corrected chi connectivity index (χ3v) is 13.8. The van der Waals surface area contributed by atoms with Gasteiger partial charge in [-0.05, 0) is 95.5 Å². The highest BCUT2D eigenvalue weighted by atomic mass is 32.1. The van der Waals surface area contributed by atoms with Crippen molar-refractivity contribution in [2.45, 2.75) is 106 Å². The molecule has 0 saturated heterocycles. The van der Waals surface area contributed by atoms with E-state index in [-0.39, 0.29) is 0 Å². The topological polar surface area (TPSA) is 0 Å². The molecule has 6 rings (SSSR count). The zero-order valence-corrected chi connectivity index (χ0v) is 29.7. The second-order valence-electron chi connectivity index (χ2n) is 13.9. The van der Waals surface area contributed by atoms with Crippen LogP contribution in [0.2, 0.25) is 0 Å². The van der Waals surface area contributed by atoms with Gasteiger partial charge in [0.2, 0.25) is 0 Å². The third kappa shape index (κ3) is 6.34. The van der Waals surface area contributed by atoms with Gasteiger partial charge in [0.15, 0.2) is 0 Å². The van der Waals surface area contributed by atoms with Crippen molar-refractivity contribution in [3.63, 3.8) is 0 Å². The normalized spacial score (nSPS) is 14.2. The molecule has 2 atom stereocenters. The summed E-state index contributed by atoms with van der Waals surface area (Å²) in [5.41, 5.74) is 3.15. The molecular weight excluding hydrogens is 585 g/mol. The second-order valence-corrected chi connectivity index (χ2v) is 17.9. The minimum Gasteiger partial charge on any atom is -0.144 e. The fourth-order valence-electron chi connectivity index (χ4n) is 6.85. The molecule has 0 aliphatic carbocycles. The van der Waals surface area contributed by atoms with Gasteiger partial charge in [-0.25, -0.2) is 0 Å². The molecule has 0 N–H and O–H groups in total. The molecule has 2 unspecified atom stereocenters. The summed E-state index contributed by atoms with van der Waals surface area (Å²) in [4.78, 5) is 0. The van der Waals surface area contributed by atoms with Crippen molar-refractivity contribution < 1.29 is 0 Å².